The van der Waals surface area contributed by atoms with Crippen LogP contribution in [0.5, 0.6) is 0 Å². The van der Waals surface area contributed by atoms with Gasteiger partial charge >= 0.3 is 0 Å². The fraction of sp³-hybridized carbons (Fsp3) is 0.875. The van der Waals surface area contributed by atoms with E-state index in [4.69, 9.17) is 4.74 Å². The van der Waals surface area contributed by atoms with E-state index in [1.54, 1.807) is 0 Å². The monoisotopic (exact) mass is 208 g/mol. The van der Waals surface area contributed by atoms with Gasteiger partial charge in [0.1, 0.15) is 6.10 Å². The van der Waals surface area contributed by atoms with Crippen molar-refractivity contribution in [2.45, 2.75) is 26.0 Å². The molecule has 5 heteroatoms. The molecule has 13 heavy (non-hydrogen) atoms. The Kier molecular flexibility index (Phi) is 6.03. The second kappa shape index (κ2) is 6.18. The molecule has 1 atom stereocenters. The molecule has 1 aliphatic rings. The van der Waals surface area contributed by atoms with Gasteiger partial charge in [-0.2, -0.15) is 0 Å². The predicted molar refractivity (Wildman–Crippen MR) is 53.1 cm³/mol. The summed E-state index contributed by atoms with van der Waals surface area (Å²) < 4.78 is 5.27. The van der Waals surface area contributed by atoms with Crippen molar-refractivity contribution in [2.75, 3.05) is 19.7 Å². The Hall–Kier alpha value is -0.320. The van der Waals surface area contributed by atoms with Gasteiger partial charge in [-0.3, -0.25) is 4.79 Å². The third kappa shape index (κ3) is 4.45. The smallest absolute Gasteiger partial charge is 0.250 e. The lowest BCUT2D eigenvalue weighted by Crippen LogP contribution is -2.49. The molecule has 1 rings (SSSR count). The molecule has 0 bridgehead atoms. The zero-order chi connectivity index (χ0) is 8.97. The Balaban J connectivity index is 0.00000144. The summed E-state index contributed by atoms with van der Waals surface area (Å²) >= 11 is 0. The van der Waals surface area contributed by atoms with E-state index in [9.17, 15) is 4.79 Å². The summed E-state index contributed by atoms with van der Waals surface area (Å²) in [6.07, 6.45) is -0.304. The van der Waals surface area contributed by atoms with E-state index in [0.29, 0.717) is 13.2 Å². The largest absolute Gasteiger partial charge is 0.366 e. The number of rotatable bonds is 2. The van der Waals surface area contributed by atoms with E-state index in [1.165, 1.54) is 0 Å². The van der Waals surface area contributed by atoms with Crippen LogP contribution in [0, 0.1) is 0 Å². The van der Waals surface area contributed by atoms with E-state index in [-0.39, 0.29) is 30.5 Å². The molecular formula is C8H17ClN2O2. The van der Waals surface area contributed by atoms with Crippen molar-refractivity contribution < 1.29 is 9.53 Å². The van der Waals surface area contributed by atoms with E-state index in [2.05, 4.69) is 10.6 Å². The molecule has 0 aliphatic carbocycles. The van der Waals surface area contributed by atoms with Crippen LogP contribution in [0.3, 0.4) is 0 Å². The number of hydrogen-bond donors (Lipinski definition) is 2. The first-order valence-corrected chi connectivity index (χ1v) is 4.33. The Morgan fingerprint density at radius 2 is 2.31 bits per heavy atom. The normalized spacial score (nSPS) is 22.2. The van der Waals surface area contributed by atoms with Gasteiger partial charge in [-0.15, -0.1) is 12.4 Å². The van der Waals surface area contributed by atoms with Crippen molar-refractivity contribution in [1.82, 2.24) is 10.6 Å². The number of morpholine rings is 1. The summed E-state index contributed by atoms with van der Waals surface area (Å²) in [7, 11) is 0. The minimum atomic E-state index is -0.304. The van der Waals surface area contributed by atoms with Crippen molar-refractivity contribution in [3.63, 3.8) is 0 Å². The molecule has 78 valence electrons. The van der Waals surface area contributed by atoms with Crippen molar-refractivity contribution in [2.24, 2.45) is 0 Å². The standard InChI is InChI=1S/C8H16N2O2.ClH/c1-6(2)10-8(11)7-5-9-3-4-12-7;/h6-7,9H,3-5H2,1-2H3,(H,10,11);1H/t7-;/m1./s1. The van der Waals surface area contributed by atoms with Gasteiger partial charge in [0, 0.05) is 19.1 Å². The Labute approximate surface area is 84.8 Å². The van der Waals surface area contributed by atoms with Gasteiger partial charge in [-0.05, 0) is 13.8 Å². The van der Waals surface area contributed by atoms with Crippen LogP contribution >= 0.6 is 12.4 Å². The zero-order valence-corrected chi connectivity index (χ0v) is 8.82. The number of ether oxygens (including phenoxy) is 1. The summed E-state index contributed by atoms with van der Waals surface area (Å²) in [5.41, 5.74) is 0. The highest BCUT2D eigenvalue weighted by atomic mass is 35.5. The first kappa shape index (κ1) is 12.7. The van der Waals surface area contributed by atoms with Gasteiger partial charge in [-0.1, -0.05) is 0 Å². The number of amides is 1. The summed E-state index contributed by atoms with van der Waals surface area (Å²) in [6.45, 7) is 5.96. The molecule has 2 N–H and O–H groups in total. The fourth-order valence-corrected chi connectivity index (χ4v) is 1.11. The summed E-state index contributed by atoms with van der Waals surface area (Å²) in [4.78, 5) is 11.3. The average Bonchev–Trinajstić information content (AvgIpc) is 2.05. The van der Waals surface area contributed by atoms with Crippen molar-refractivity contribution in [3.05, 3.63) is 0 Å². The van der Waals surface area contributed by atoms with Crippen LogP contribution in [-0.2, 0) is 9.53 Å². The molecule has 0 unspecified atom stereocenters. The van der Waals surface area contributed by atoms with E-state index in [1.807, 2.05) is 13.8 Å². The molecule has 0 spiro atoms. The van der Waals surface area contributed by atoms with Gasteiger partial charge in [0.2, 0.25) is 0 Å². The Morgan fingerprint density at radius 1 is 1.62 bits per heavy atom. The maximum atomic E-state index is 11.3. The van der Waals surface area contributed by atoms with Gasteiger partial charge in [-0.25, -0.2) is 0 Å². The van der Waals surface area contributed by atoms with E-state index >= 15 is 0 Å². The Morgan fingerprint density at radius 3 is 2.77 bits per heavy atom. The SMILES string of the molecule is CC(C)NC(=O)[C@H]1CNCCO1.Cl. The lowest BCUT2D eigenvalue weighted by Gasteiger charge is -2.23. The highest BCUT2D eigenvalue weighted by molar-refractivity contribution is 5.85. The molecule has 0 saturated carbocycles. The Bertz CT molecular complexity index is 158. The molecule has 1 amide bonds. The molecule has 0 radical (unpaired) electrons. The number of carbonyl (C=O) groups excluding carboxylic acids is 1. The van der Waals surface area contributed by atoms with Gasteiger partial charge < -0.3 is 15.4 Å². The van der Waals surface area contributed by atoms with E-state index < -0.39 is 0 Å². The molecule has 1 aliphatic heterocycles. The van der Waals surface area contributed by atoms with Gasteiger partial charge in [0.25, 0.3) is 5.91 Å². The quantitative estimate of drug-likeness (QED) is 0.668. The fourth-order valence-electron chi connectivity index (χ4n) is 1.11. The molecular weight excluding hydrogens is 192 g/mol. The van der Waals surface area contributed by atoms with Crippen molar-refractivity contribution in [1.29, 1.82) is 0 Å². The second-order valence-electron chi connectivity index (χ2n) is 3.23. The van der Waals surface area contributed by atoms with Crippen LogP contribution in [0.2, 0.25) is 0 Å². The van der Waals surface area contributed by atoms with Gasteiger partial charge in [0.05, 0.1) is 6.61 Å². The molecule has 0 aromatic heterocycles. The first-order valence-electron chi connectivity index (χ1n) is 4.33. The summed E-state index contributed by atoms with van der Waals surface area (Å²) in [6, 6.07) is 0.183. The van der Waals surface area contributed by atoms with Crippen molar-refractivity contribution in [3.8, 4) is 0 Å². The lowest BCUT2D eigenvalue weighted by atomic mass is 10.2. The molecule has 1 fully saturated rings. The van der Waals surface area contributed by atoms with Crippen LogP contribution < -0.4 is 10.6 Å². The number of nitrogens with one attached hydrogen (secondary N) is 2. The van der Waals surface area contributed by atoms with Crippen LogP contribution in [0.4, 0.5) is 0 Å². The second-order valence-corrected chi connectivity index (χ2v) is 3.23. The highest BCUT2D eigenvalue weighted by Crippen LogP contribution is 1.96. The minimum absolute atomic E-state index is 0. The van der Waals surface area contributed by atoms with E-state index in [0.717, 1.165) is 6.54 Å². The maximum Gasteiger partial charge on any atom is 0.250 e. The van der Waals surface area contributed by atoms with Gasteiger partial charge in [0.15, 0.2) is 0 Å². The zero-order valence-electron chi connectivity index (χ0n) is 8.00. The first-order chi connectivity index (χ1) is 5.70. The maximum absolute atomic E-state index is 11.3. The van der Waals surface area contributed by atoms with Crippen LogP contribution in [-0.4, -0.2) is 37.7 Å². The average molecular weight is 209 g/mol. The molecule has 1 saturated heterocycles. The predicted octanol–water partition coefficient (Wildman–Crippen LogP) is -0.0788. The van der Waals surface area contributed by atoms with Crippen LogP contribution in [0.1, 0.15) is 13.8 Å². The lowest BCUT2D eigenvalue weighted by molar-refractivity contribution is -0.134. The number of hydrogen-bond acceptors (Lipinski definition) is 3. The summed E-state index contributed by atoms with van der Waals surface area (Å²) in [5, 5.41) is 5.91. The number of carbonyl (C=O) groups is 1. The third-order valence-corrected chi connectivity index (χ3v) is 1.65. The third-order valence-electron chi connectivity index (χ3n) is 1.65. The number of halogens is 1. The van der Waals surface area contributed by atoms with Crippen molar-refractivity contribution >= 4 is 18.3 Å². The molecule has 0 aromatic carbocycles. The topological polar surface area (TPSA) is 50.4 Å². The molecule has 1 heterocycles. The molecule has 4 nitrogen and oxygen atoms in total. The minimum Gasteiger partial charge on any atom is -0.366 e. The summed E-state index contributed by atoms with van der Waals surface area (Å²) in [5.74, 6) is -0.0165. The van der Waals surface area contributed by atoms with Crippen LogP contribution in [0.25, 0.3) is 0 Å². The molecule has 0 aromatic rings. The highest BCUT2D eigenvalue weighted by Gasteiger charge is 2.21. The van der Waals surface area contributed by atoms with Crippen LogP contribution in [0.15, 0.2) is 0 Å².